The maximum atomic E-state index is 14.8. The Hall–Kier alpha value is -2.98. The molecule has 0 saturated carbocycles. The fourth-order valence-corrected chi connectivity index (χ4v) is 7.92. The Balaban J connectivity index is 1.61. The highest BCUT2D eigenvalue weighted by Crippen LogP contribution is 2.61. The Morgan fingerprint density at radius 3 is 2.57 bits per heavy atom. The summed E-state index contributed by atoms with van der Waals surface area (Å²) in [7, 11) is 0. The first-order valence-corrected chi connectivity index (χ1v) is 15.3. The van der Waals surface area contributed by atoms with Gasteiger partial charge in [-0.3, -0.25) is 14.4 Å². The molecule has 1 spiro atoms. The molecule has 3 saturated heterocycles. The number of fused-ring (bicyclic) bond motifs is 1. The molecule has 2 amide bonds. The molecule has 0 aliphatic carbocycles. The second kappa shape index (κ2) is 12.7. The van der Waals surface area contributed by atoms with Crippen molar-refractivity contribution < 1.29 is 29.0 Å². The standard InChI is InChI=1S/C32H34BrClN2O6/c1-3-5-16-41-31(40)25-26-29(38)36(21(19-37)17-20-11-7-6-8-12-20)28(32(26)18-22(33)27(25)42-32)30(39)35(15-4-2)24-14-10-9-13-23(24)34/h3-4,6-14,21-22,25-28,37H,1-2,5,15-19H2/t21-,22?,25-,26+,27-,28?,32?/m1/s1. The van der Waals surface area contributed by atoms with Gasteiger partial charge in [0.05, 0.1) is 47.9 Å². The third-order valence-corrected chi connectivity index (χ3v) is 9.60. The molecule has 0 aromatic heterocycles. The van der Waals surface area contributed by atoms with Gasteiger partial charge in [-0.05, 0) is 37.0 Å². The maximum absolute atomic E-state index is 14.8. The largest absolute Gasteiger partial charge is 0.465 e. The van der Waals surface area contributed by atoms with E-state index < -0.39 is 60.0 Å². The van der Waals surface area contributed by atoms with Crippen LogP contribution in [0, 0.1) is 11.8 Å². The topological polar surface area (TPSA) is 96.4 Å². The van der Waals surface area contributed by atoms with Crippen LogP contribution in [-0.4, -0.2) is 76.2 Å². The fraction of sp³-hybridized carbons (Fsp3) is 0.406. The lowest BCUT2D eigenvalue weighted by Crippen LogP contribution is -2.59. The number of aliphatic hydroxyl groups is 1. The first-order chi connectivity index (χ1) is 20.3. The van der Waals surface area contributed by atoms with Gasteiger partial charge >= 0.3 is 5.97 Å². The average molecular weight is 658 g/mol. The molecule has 3 aliphatic rings. The normalized spacial score (nSPS) is 28.3. The number of hydrogen-bond acceptors (Lipinski definition) is 6. The lowest BCUT2D eigenvalue weighted by molar-refractivity contribution is -0.155. The lowest BCUT2D eigenvalue weighted by atomic mass is 9.70. The Morgan fingerprint density at radius 2 is 1.90 bits per heavy atom. The molecule has 3 unspecified atom stereocenters. The number of hydrogen-bond donors (Lipinski definition) is 1. The van der Waals surface area contributed by atoms with E-state index in [2.05, 4.69) is 29.1 Å². The minimum absolute atomic E-state index is 0.124. The van der Waals surface area contributed by atoms with Crippen molar-refractivity contribution in [2.75, 3.05) is 24.7 Å². The predicted molar refractivity (Wildman–Crippen MR) is 163 cm³/mol. The fourth-order valence-electron chi connectivity index (χ4n) is 6.74. The zero-order valence-corrected chi connectivity index (χ0v) is 25.5. The third-order valence-electron chi connectivity index (χ3n) is 8.44. The minimum Gasteiger partial charge on any atom is -0.465 e. The molecule has 0 radical (unpaired) electrons. The molecule has 2 aromatic rings. The van der Waals surface area contributed by atoms with Crippen LogP contribution in [0.3, 0.4) is 0 Å². The third kappa shape index (κ3) is 5.21. The van der Waals surface area contributed by atoms with Gasteiger partial charge in [0.15, 0.2) is 0 Å². The summed E-state index contributed by atoms with van der Waals surface area (Å²) in [5.74, 6) is -3.25. The van der Waals surface area contributed by atoms with E-state index in [1.165, 1.54) is 9.80 Å². The number of aliphatic hydroxyl groups excluding tert-OH is 1. The first kappa shape index (κ1) is 30.5. The van der Waals surface area contributed by atoms with E-state index in [0.717, 1.165) is 5.56 Å². The molecular formula is C32H34BrClN2O6. The number of amides is 2. The molecule has 222 valence electrons. The van der Waals surface area contributed by atoms with Gasteiger partial charge in [-0.2, -0.15) is 0 Å². The van der Waals surface area contributed by atoms with Crippen LogP contribution >= 0.6 is 27.5 Å². The number of nitrogens with zero attached hydrogens (tertiary/aromatic N) is 2. The summed E-state index contributed by atoms with van der Waals surface area (Å²) in [5.41, 5.74) is 0.0336. The first-order valence-electron chi connectivity index (χ1n) is 14.0. The number of para-hydroxylation sites is 1. The molecule has 1 N–H and O–H groups in total. The number of esters is 1. The van der Waals surface area contributed by atoms with E-state index in [1.54, 1.807) is 36.4 Å². The van der Waals surface area contributed by atoms with Gasteiger partial charge in [0.1, 0.15) is 11.6 Å². The van der Waals surface area contributed by atoms with Crippen molar-refractivity contribution in [2.24, 2.45) is 11.8 Å². The van der Waals surface area contributed by atoms with Crippen molar-refractivity contribution in [2.45, 2.75) is 47.9 Å². The lowest BCUT2D eigenvalue weighted by Gasteiger charge is -2.39. The summed E-state index contributed by atoms with van der Waals surface area (Å²) >= 11 is 10.2. The van der Waals surface area contributed by atoms with Crippen LogP contribution in [0.15, 0.2) is 79.9 Å². The Labute approximate surface area is 259 Å². The molecule has 3 heterocycles. The Morgan fingerprint density at radius 1 is 1.19 bits per heavy atom. The Bertz CT molecular complexity index is 1360. The van der Waals surface area contributed by atoms with Crippen molar-refractivity contribution in [1.82, 2.24) is 4.90 Å². The summed E-state index contributed by atoms with van der Waals surface area (Å²) in [6, 6.07) is 14.5. The van der Waals surface area contributed by atoms with Gasteiger partial charge in [0, 0.05) is 11.4 Å². The van der Waals surface area contributed by atoms with Crippen LogP contribution in [0.1, 0.15) is 18.4 Å². The van der Waals surface area contributed by atoms with E-state index in [0.29, 0.717) is 30.0 Å². The van der Waals surface area contributed by atoms with Gasteiger partial charge in [-0.25, -0.2) is 0 Å². The quantitative estimate of drug-likeness (QED) is 0.158. The average Bonchev–Trinajstić information content (AvgIpc) is 3.58. The highest BCUT2D eigenvalue weighted by Gasteiger charge is 2.77. The van der Waals surface area contributed by atoms with E-state index in [1.807, 2.05) is 30.3 Å². The van der Waals surface area contributed by atoms with Gasteiger partial charge < -0.3 is 24.4 Å². The number of carbonyl (C=O) groups is 3. The smallest absolute Gasteiger partial charge is 0.312 e. The van der Waals surface area contributed by atoms with Crippen LogP contribution in [0.4, 0.5) is 5.69 Å². The van der Waals surface area contributed by atoms with E-state index in [4.69, 9.17) is 21.1 Å². The molecule has 2 aromatic carbocycles. The van der Waals surface area contributed by atoms with Crippen LogP contribution in [0.2, 0.25) is 5.02 Å². The molecule has 10 heteroatoms. The van der Waals surface area contributed by atoms with Crippen LogP contribution in [0.25, 0.3) is 0 Å². The molecule has 8 nitrogen and oxygen atoms in total. The molecule has 2 bridgehead atoms. The molecule has 3 aliphatic heterocycles. The number of rotatable bonds is 12. The summed E-state index contributed by atoms with van der Waals surface area (Å²) in [5, 5.41) is 11.0. The zero-order valence-electron chi connectivity index (χ0n) is 23.1. The van der Waals surface area contributed by atoms with E-state index in [9.17, 15) is 19.5 Å². The number of carbonyl (C=O) groups excluding carboxylic acids is 3. The van der Waals surface area contributed by atoms with Crippen molar-refractivity contribution >= 4 is 51.0 Å². The van der Waals surface area contributed by atoms with Gasteiger partial charge in [0.25, 0.3) is 5.91 Å². The van der Waals surface area contributed by atoms with Crippen molar-refractivity contribution in [3.05, 3.63) is 90.5 Å². The number of halogens is 2. The SMILES string of the molecule is C=CCCOC(=O)[C@H]1[C@@H]2OC3(CC2Br)C(C(=O)N(CC=C)c2ccccc2Cl)N([C@@H](CO)Cc2ccccc2)C(=O)[C@H]13. The van der Waals surface area contributed by atoms with Crippen LogP contribution in [0.5, 0.6) is 0 Å². The molecule has 3 fully saturated rings. The minimum atomic E-state index is -1.32. The number of anilines is 1. The summed E-state index contributed by atoms with van der Waals surface area (Å²) in [4.78, 5) is 45.4. The summed E-state index contributed by atoms with van der Waals surface area (Å²) in [6.45, 7) is 7.37. The number of benzene rings is 2. The van der Waals surface area contributed by atoms with Crippen LogP contribution < -0.4 is 4.90 Å². The summed E-state index contributed by atoms with van der Waals surface area (Å²) < 4.78 is 12.1. The second-order valence-electron chi connectivity index (χ2n) is 10.9. The second-order valence-corrected chi connectivity index (χ2v) is 12.5. The monoisotopic (exact) mass is 656 g/mol. The number of alkyl halides is 1. The summed E-state index contributed by atoms with van der Waals surface area (Å²) in [6.07, 6.45) is 3.68. The molecule has 7 atom stereocenters. The van der Waals surface area contributed by atoms with Crippen LogP contribution in [-0.2, 0) is 30.3 Å². The highest BCUT2D eigenvalue weighted by atomic mass is 79.9. The molecule has 42 heavy (non-hydrogen) atoms. The Kier molecular flexibility index (Phi) is 9.23. The van der Waals surface area contributed by atoms with E-state index >= 15 is 0 Å². The van der Waals surface area contributed by atoms with E-state index in [-0.39, 0.29) is 18.0 Å². The number of ether oxygens (including phenoxy) is 2. The van der Waals surface area contributed by atoms with Crippen molar-refractivity contribution in [3.8, 4) is 0 Å². The van der Waals surface area contributed by atoms with Crippen molar-refractivity contribution in [1.29, 1.82) is 0 Å². The maximum Gasteiger partial charge on any atom is 0.312 e. The van der Waals surface area contributed by atoms with Crippen molar-refractivity contribution in [3.63, 3.8) is 0 Å². The van der Waals surface area contributed by atoms with Gasteiger partial charge in [-0.15, -0.1) is 13.2 Å². The predicted octanol–water partition coefficient (Wildman–Crippen LogP) is 4.33. The highest BCUT2D eigenvalue weighted by molar-refractivity contribution is 9.09. The zero-order chi connectivity index (χ0) is 30.0. The number of likely N-dealkylation sites (tertiary alicyclic amines) is 1. The van der Waals surface area contributed by atoms with Gasteiger partial charge in [-0.1, -0.05) is 82.1 Å². The van der Waals surface area contributed by atoms with Gasteiger partial charge in [0.2, 0.25) is 5.91 Å². The molecular weight excluding hydrogens is 624 g/mol. The molecule has 5 rings (SSSR count).